The molecule has 0 heterocycles. The van der Waals surface area contributed by atoms with Gasteiger partial charge in [0.2, 0.25) is 0 Å². The van der Waals surface area contributed by atoms with Crippen LogP contribution in [0.2, 0.25) is 0 Å². The van der Waals surface area contributed by atoms with Crippen molar-refractivity contribution in [2.75, 3.05) is 6.61 Å². The van der Waals surface area contributed by atoms with Gasteiger partial charge in [0.15, 0.2) is 6.61 Å². The number of carboxylic acids is 1. The molecule has 2 saturated carbocycles. The number of benzene rings is 1. The largest absolute Gasteiger partial charge is 0.482 e. The Morgan fingerprint density at radius 2 is 1.91 bits per heavy atom. The van der Waals surface area contributed by atoms with E-state index in [0.29, 0.717) is 49.7 Å². The summed E-state index contributed by atoms with van der Waals surface area (Å²) in [4.78, 5) is 23.4. The first-order valence-corrected chi connectivity index (χ1v) is 12.3. The van der Waals surface area contributed by atoms with E-state index in [1.165, 1.54) is 5.56 Å². The second kappa shape index (κ2) is 10.4. The fourth-order valence-electron chi connectivity index (χ4n) is 6.16. The number of fused-ring (bicyclic) bond motifs is 2. The van der Waals surface area contributed by atoms with Crippen LogP contribution in [0.5, 0.6) is 5.75 Å². The highest BCUT2D eigenvalue weighted by molar-refractivity contribution is 5.72. The van der Waals surface area contributed by atoms with Crippen molar-refractivity contribution in [3.8, 4) is 5.75 Å². The second-order valence-corrected chi connectivity index (χ2v) is 10.2. The quantitative estimate of drug-likeness (QED) is 0.511. The Hall–Kier alpha value is -2.12. The Bertz CT molecular complexity index is 843. The summed E-state index contributed by atoms with van der Waals surface area (Å²) in [5, 5.41) is 29.4. The second-order valence-electron chi connectivity index (χ2n) is 10.2. The molecule has 0 saturated heterocycles. The van der Waals surface area contributed by atoms with Gasteiger partial charge in [0.1, 0.15) is 11.9 Å². The molecule has 0 unspecified atom stereocenters. The van der Waals surface area contributed by atoms with Gasteiger partial charge in [-0.25, -0.2) is 4.79 Å². The van der Waals surface area contributed by atoms with Gasteiger partial charge in [-0.15, -0.1) is 0 Å². The Balaban J connectivity index is 1.33. The highest BCUT2D eigenvalue weighted by Gasteiger charge is 2.44. The highest BCUT2D eigenvalue weighted by atomic mass is 16.6. The van der Waals surface area contributed by atoms with Crippen molar-refractivity contribution < 1.29 is 34.4 Å². The maximum atomic E-state index is 12.3. The Kier molecular flexibility index (Phi) is 7.59. The molecule has 182 valence electrons. The van der Waals surface area contributed by atoms with Gasteiger partial charge in [-0.05, 0) is 99.7 Å². The van der Waals surface area contributed by atoms with Crippen LogP contribution >= 0.6 is 0 Å². The molecule has 0 amide bonds. The van der Waals surface area contributed by atoms with Crippen LogP contribution < -0.4 is 4.74 Å². The summed E-state index contributed by atoms with van der Waals surface area (Å²) in [6.45, 7) is 1.63. The average Bonchev–Trinajstić information content (AvgIpc) is 3.08. The van der Waals surface area contributed by atoms with Gasteiger partial charge in [-0.3, -0.25) is 4.79 Å². The van der Waals surface area contributed by atoms with E-state index in [-0.39, 0.29) is 36.8 Å². The Labute approximate surface area is 195 Å². The number of aliphatic carboxylic acids is 1. The number of aliphatic hydroxyl groups excluding tert-OH is 2. The molecule has 3 aliphatic rings. The molecule has 3 aliphatic carbocycles. The summed E-state index contributed by atoms with van der Waals surface area (Å²) < 4.78 is 11.4. The number of carboxylic acid groups (broad SMARTS) is 1. The lowest BCUT2D eigenvalue weighted by Gasteiger charge is -2.32. The molecule has 7 heteroatoms. The van der Waals surface area contributed by atoms with Crippen molar-refractivity contribution in [1.82, 2.24) is 0 Å². The smallest absolute Gasteiger partial charge is 0.344 e. The van der Waals surface area contributed by atoms with Crippen LogP contribution in [0.1, 0.15) is 63.0 Å². The molecule has 0 bridgehead atoms. The zero-order chi connectivity index (χ0) is 23.5. The molecule has 0 radical (unpaired) electrons. The zero-order valence-corrected chi connectivity index (χ0v) is 19.3. The van der Waals surface area contributed by atoms with Crippen molar-refractivity contribution in [1.29, 1.82) is 0 Å². The monoisotopic (exact) mass is 460 g/mol. The normalized spacial score (nSPS) is 31.8. The molecule has 33 heavy (non-hydrogen) atoms. The summed E-state index contributed by atoms with van der Waals surface area (Å²) in [5.41, 5.74) is 2.34. The van der Waals surface area contributed by atoms with Gasteiger partial charge in [-0.1, -0.05) is 12.1 Å². The van der Waals surface area contributed by atoms with Crippen LogP contribution in [0.3, 0.4) is 0 Å². The molecular formula is C26H36O7. The molecule has 0 aliphatic heterocycles. The van der Waals surface area contributed by atoms with Crippen molar-refractivity contribution in [3.63, 3.8) is 0 Å². The predicted molar refractivity (Wildman–Crippen MR) is 121 cm³/mol. The van der Waals surface area contributed by atoms with E-state index in [4.69, 9.17) is 14.6 Å². The van der Waals surface area contributed by atoms with E-state index >= 15 is 0 Å². The number of hydrogen-bond acceptors (Lipinski definition) is 6. The van der Waals surface area contributed by atoms with Crippen molar-refractivity contribution in [2.45, 2.75) is 83.0 Å². The fourth-order valence-corrected chi connectivity index (χ4v) is 6.16. The first-order valence-electron chi connectivity index (χ1n) is 12.3. The lowest BCUT2D eigenvalue weighted by molar-refractivity contribution is -0.154. The number of rotatable bonds is 8. The van der Waals surface area contributed by atoms with Gasteiger partial charge in [-0.2, -0.15) is 0 Å². The van der Waals surface area contributed by atoms with Crippen LogP contribution in [0, 0.1) is 23.7 Å². The number of carbonyl (C=O) groups is 2. The van der Waals surface area contributed by atoms with Crippen LogP contribution in [-0.2, 0) is 27.2 Å². The molecule has 3 N–H and O–H groups in total. The number of ether oxygens (including phenoxy) is 2. The predicted octanol–water partition coefficient (Wildman–Crippen LogP) is 3.12. The number of esters is 1. The van der Waals surface area contributed by atoms with E-state index < -0.39 is 11.9 Å². The van der Waals surface area contributed by atoms with Crippen LogP contribution in [0.15, 0.2) is 18.2 Å². The van der Waals surface area contributed by atoms with Crippen molar-refractivity contribution >= 4 is 11.9 Å². The topological polar surface area (TPSA) is 113 Å². The molecule has 1 aromatic rings. The van der Waals surface area contributed by atoms with E-state index in [9.17, 15) is 19.8 Å². The molecule has 2 fully saturated rings. The lowest BCUT2D eigenvalue weighted by atomic mass is 9.73. The fraction of sp³-hybridized carbons (Fsp3) is 0.692. The minimum Gasteiger partial charge on any atom is -0.482 e. The summed E-state index contributed by atoms with van der Waals surface area (Å²) in [6.07, 6.45) is 5.33. The summed E-state index contributed by atoms with van der Waals surface area (Å²) >= 11 is 0. The van der Waals surface area contributed by atoms with E-state index in [0.717, 1.165) is 31.2 Å². The van der Waals surface area contributed by atoms with Gasteiger partial charge < -0.3 is 24.8 Å². The minimum atomic E-state index is -0.775. The molecule has 5 atom stereocenters. The minimum absolute atomic E-state index is 0.164. The van der Waals surface area contributed by atoms with Gasteiger partial charge in [0.25, 0.3) is 0 Å². The molecular weight excluding hydrogens is 424 g/mol. The molecule has 0 aromatic heterocycles. The third-order valence-corrected chi connectivity index (χ3v) is 7.93. The maximum absolute atomic E-state index is 12.3. The first kappa shape index (κ1) is 24.0. The first-order chi connectivity index (χ1) is 15.8. The van der Waals surface area contributed by atoms with Crippen LogP contribution in [0.25, 0.3) is 0 Å². The Morgan fingerprint density at radius 3 is 2.61 bits per heavy atom. The summed E-state index contributed by atoms with van der Waals surface area (Å²) in [5.74, 6) is 0.183. The number of aliphatic hydroxyl groups is 2. The van der Waals surface area contributed by atoms with E-state index in [1.54, 1.807) is 6.92 Å². The van der Waals surface area contributed by atoms with Crippen LogP contribution in [0.4, 0.5) is 0 Å². The molecule has 1 aromatic carbocycles. The SMILES string of the molecule is C[C@H](O)CC[C@@H]1[C@H]2Cc3cccc(OCC(=O)OC4CCC(C(=O)O)CC4)c3C[C@H]2C[C@H]1O. The third-order valence-electron chi connectivity index (χ3n) is 7.93. The zero-order valence-electron chi connectivity index (χ0n) is 19.3. The van der Waals surface area contributed by atoms with E-state index in [2.05, 4.69) is 6.07 Å². The average molecular weight is 461 g/mol. The van der Waals surface area contributed by atoms with Crippen LogP contribution in [-0.4, -0.2) is 52.2 Å². The Morgan fingerprint density at radius 1 is 1.15 bits per heavy atom. The van der Waals surface area contributed by atoms with Gasteiger partial charge in [0.05, 0.1) is 18.1 Å². The number of hydrogen-bond donors (Lipinski definition) is 3. The third kappa shape index (κ3) is 5.69. The molecule has 0 spiro atoms. The molecule has 7 nitrogen and oxygen atoms in total. The highest BCUT2D eigenvalue weighted by Crippen LogP contribution is 2.48. The number of carbonyl (C=O) groups excluding carboxylic acids is 1. The maximum Gasteiger partial charge on any atom is 0.344 e. The van der Waals surface area contributed by atoms with Crippen molar-refractivity contribution in [2.24, 2.45) is 23.7 Å². The standard InChI is InChI=1S/C26H36O7/c1-15(27)5-10-20-21-11-17-3-2-4-24(22(17)12-18(21)13-23(20)28)32-14-25(29)33-19-8-6-16(7-9-19)26(30)31/h2-4,15-16,18-21,23,27-28H,5-14H2,1H3,(H,30,31)/t15-,16?,18-,19?,20+,21-,23+/m0/s1. The lowest BCUT2D eigenvalue weighted by Crippen LogP contribution is -2.30. The molecule has 4 rings (SSSR count). The summed E-state index contributed by atoms with van der Waals surface area (Å²) in [6, 6.07) is 5.94. The van der Waals surface area contributed by atoms with Gasteiger partial charge in [0, 0.05) is 0 Å². The van der Waals surface area contributed by atoms with E-state index in [1.807, 2.05) is 12.1 Å². The van der Waals surface area contributed by atoms with Crippen molar-refractivity contribution in [3.05, 3.63) is 29.3 Å². The summed E-state index contributed by atoms with van der Waals surface area (Å²) in [7, 11) is 0. The van der Waals surface area contributed by atoms with Gasteiger partial charge >= 0.3 is 11.9 Å².